The lowest BCUT2D eigenvalue weighted by molar-refractivity contribution is 0.0691. The molecule has 0 unspecified atom stereocenters. The van der Waals surface area contributed by atoms with Gasteiger partial charge in [-0.25, -0.2) is 4.79 Å². The minimum Gasteiger partial charge on any atom is -0.477 e. The van der Waals surface area contributed by atoms with Crippen molar-refractivity contribution in [3.63, 3.8) is 0 Å². The number of fused-ring (bicyclic) bond motifs is 1. The van der Waals surface area contributed by atoms with Crippen molar-refractivity contribution in [1.82, 2.24) is 4.98 Å². The third-order valence-corrected chi connectivity index (χ3v) is 2.98. The van der Waals surface area contributed by atoms with E-state index in [9.17, 15) is 4.79 Å². The molecule has 0 aliphatic rings. The average Bonchev–Trinajstić information content (AvgIpc) is 2.69. The van der Waals surface area contributed by atoms with Gasteiger partial charge in [-0.15, -0.1) is 0 Å². The molecular formula is C13H12BrNO2. The van der Waals surface area contributed by atoms with Crippen molar-refractivity contribution in [2.45, 2.75) is 6.42 Å². The Hall–Kier alpha value is -1.55. The molecule has 3 nitrogen and oxygen atoms in total. The first-order valence-electron chi connectivity index (χ1n) is 5.30. The van der Waals surface area contributed by atoms with Crippen LogP contribution >= 0.6 is 15.9 Å². The molecule has 0 saturated carbocycles. The van der Waals surface area contributed by atoms with Gasteiger partial charge < -0.3 is 10.1 Å². The third-order valence-electron chi connectivity index (χ3n) is 2.52. The molecule has 0 saturated heterocycles. The summed E-state index contributed by atoms with van der Waals surface area (Å²) in [5.41, 5.74) is 1.84. The number of rotatable bonds is 4. The molecule has 2 aromatic rings. The number of allylic oxidation sites excluding steroid dienone is 1. The number of aromatic amines is 1. The minimum atomic E-state index is -0.931. The van der Waals surface area contributed by atoms with E-state index in [1.54, 1.807) is 0 Å². The molecule has 2 rings (SSSR count). The highest BCUT2D eigenvalue weighted by molar-refractivity contribution is 9.09. The predicted molar refractivity (Wildman–Crippen MR) is 72.7 cm³/mol. The maximum absolute atomic E-state index is 11.1. The van der Waals surface area contributed by atoms with Crippen molar-refractivity contribution in [3.05, 3.63) is 41.6 Å². The summed E-state index contributed by atoms with van der Waals surface area (Å²) >= 11 is 3.34. The maximum Gasteiger partial charge on any atom is 0.352 e. The number of halogens is 1. The van der Waals surface area contributed by atoms with Gasteiger partial charge in [0.05, 0.1) is 0 Å². The summed E-state index contributed by atoms with van der Waals surface area (Å²) in [6.07, 6.45) is 4.71. The Labute approximate surface area is 107 Å². The van der Waals surface area contributed by atoms with Crippen LogP contribution in [-0.4, -0.2) is 21.4 Å². The van der Waals surface area contributed by atoms with Crippen LogP contribution in [0.15, 0.2) is 30.3 Å². The highest BCUT2D eigenvalue weighted by Crippen LogP contribution is 2.23. The van der Waals surface area contributed by atoms with Crippen molar-refractivity contribution in [1.29, 1.82) is 0 Å². The summed E-state index contributed by atoms with van der Waals surface area (Å²) < 4.78 is 0. The van der Waals surface area contributed by atoms with Gasteiger partial charge in [-0.1, -0.05) is 46.3 Å². The van der Waals surface area contributed by atoms with Gasteiger partial charge in [0, 0.05) is 21.8 Å². The molecule has 1 aromatic carbocycles. The summed E-state index contributed by atoms with van der Waals surface area (Å²) in [5, 5.41) is 11.0. The topological polar surface area (TPSA) is 53.1 Å². The predicted octanol–water partition coefficient (Wildman–Crippen LogP) is 3.66. The van der Waals surface area contributed by atoms with Crippen LogP contribution in [0.5, 0.6) is 0 Å². The average molecular weight is 294 g/mol. The van der Waals surface area contributed by atoms with Gasteiger partial charge in [0.15, 0.2) is 0 Å². The first-order chi connectivity index (χ1) is 8.24. The van der Waals surface area contributed by atoms with E-state index in [4.69, 9.17) is 5.11 Å². The van der Waals surface area contributed by atoms with Gasteiger partial charge in [-0.05, 0) is 12.5 Å². The van der Waals surface area contributed by atoms with Gasteiger partial charge in [0.1, 0.15) is 5.69 Å². The number of alkyl halides is 1. The Morgan fingerprint density at radius 3 is 2.88 bits per heavy atom. The number of nitrogens with one attached hydrogen (secondary N) is 1. The van der Waals surface area contributed by atoms with Crippen molar-refractivity contribution in [2.75, 3.05) is 5.33 Å². The molecule has 4 heteroatoms. The molecule has 1 heterocycles. The summed E-state index contributed by atoms with van der Waals surface area (Å²) in [7, 11) is 0. The monoisotopic (exact) mass is 293 g/mol. The van der Waals surface area contributed by atoms with Crippen molar-refractivity contribution >= 4 is 38.9 Å². The summed E-state index contributed by atoms with van der Waals surface area (Å²) in [4.78, 5) is 14.1. The van der Waals surface area contributed by atoms with Crippen molar-refractivity contribution < 1.29 is 9.90 Å². The molecule has 0 aliphatic heterocycles. The number of para-hydroxylation sites is 1. The van der Waals surface area contributed by atoms with Crippen LogP contribution in [0.25, 0.3) is 17.0 Å². The Morgan fingerprint density at radius 1 is 1.41 bits per heavy atom. The number of carbonyl (C=O) groups is 1. The fraction of sp³-hybridized carbons (Fsp3) is 0.154. The van der Waals surface area contributed by atoms with Crippen LogP contribution in [-0.2, 0) is 0 Å². The zero-order chi connectivity index (χ0) is 12.3. The second-order valence-corrected chi connectivity index (χ2v) is 4.44. The lowest BCUT2D eigenvalue weighted by atomic mass is 10.1. The highest BCUT2D eigenvalue weighted by atomic mass is 79.9. The number of carboxylic acids is 1. The normalized spacial score (nSPS) is 11.4. The number of carboxylic acid groups (broad SMARTS) is 1. The maximum atomic E-state index is 11.1. The molecule has 17 heavy (non-hydrogen) atoms. The van der Waals surface area contributed by atoms with E-state index in [1.807, 2.05) is 36.4 Å². The van der Waals surface area contributed by atoms with E-state index in [2.05, 4.69) is 20.9 Å². The number of H-pyrrole nitrogens is 1. The van der Waals surface area contributed by atoms with Crippen LogP contribution in [0.3, 0.4) is 0 Å². The van der Waals surface area contributed by atoms with Crippen LogP contribution in [0.2, 0.25) is 0 Å². The van der Waals surface area contributed by atoms with Crippen LogP contribution < -0.4 is 0 Å². The Balaban J connectivity index is 2.56. The fourth-order valence-electron chi connectivity index (χ4n) is 1.77. The smallest absolute Gasteiger partial charge is 0.352 e. The first kappa shape index (κ1) is 11.9. The largest absolute Gasteiger partial charge is 0.477 e. The number of benzene rings is 1. The Morgan fingerprint density at radius 2 is 2.18 bits per heavy atom. The molecule has 0 fully saturated rings. The summed E-state index contributed by atoms with van der Waals surface area (Å²) in [6, 6.07) is 7.59. The van der Waals surface area contributed by atoms with Crippen molar-refractivity contribution in [3.8, 4) is 0 Å². The van der Waals surface area contributed by atoms with E-state index in [1.165, 1.54) is 0 Å². The summed E-state index contributed by atoms with van der Waals surface area (Å²) in [5.74, 6) is -0.931. The Kier molecular flexibility index (Phi) is 3.64. The lowest BCUT2D eigenvalue weighted by Gasteiger charge is -1.94. The number of hydrogen-bond acceptors (Lipinski definition) is 1. The SMILES string of the molecule is O=C(O)c1[nH]c2ccccc2c1C=CCCBr. The molecule has 0 bridgehead atoms. The van der Waals surface area contributed by atoms with E-state index < -0.39 is 5.97 Å². The second-order valence-electron chi connectivity index (χ2n) is 3.64. The molecule has 0 amide bonds. The molecule has 0 aliphatic carbocycles. The van der Waals surface area contributed by atoms with Crippen LogP contribution in [0, 0.1) is 0 Å². The van der Waals surface area contributed by atoms with E-state index in [0.29, 0.717) is 0 Å². The molecule has 0 spiro atoms. The minimum absolute atomic E-state index is 0.247. The fourth-order valence-corrected chi connectivity index (χ4v) is 2.03. The van der Waals surface area contributed by atoms with Gasteiger partial charge in [0.2, 0.25) is 0 Å². The third kappa shape index (κ3) is 2.42. The van der Waals surface area contributed by atoms with Crippen LogP contribution in [0.1, 0.15) is 22.5 Å². The second kappa shape index (κ2) is 5.19. The number of hydrogen-bond donors (Lipinski definition) is 2. The zero-order valence-electron chi connectivity index (χ0n) is 9.11. The lowest BCUT2D eigenvalue weighted by Crippen LogP contribution is -1.98. The molecule has 2 N–H and O–H groups in total. The summed E-state index contributed by atoms with van der Waals surface area (Å²) in [6.45, 7) is 0. The Bertz CT molecular complexity index is 572. The number of aromatic carboxylic acids is 1. The molecule has 1 aromatic heterocycles. The van der Waals surface area contributed by atoms with Gasteiger partial charge >= 0.3 is 5.97 Å². The van der Waals surface area contributed by atoms with E-state index in [-0.39, 0.29) is 5.69 Å². The molecule has 0 atom stereocenters. The van der Waals surface area contributed by atoms with E-state index >= 15 is 0 Å². The van der Waals surface area contributed by atoms with Gasteiger partial charge in [-0.3, -0.25) is 0 Å². The first-order valence-corrected chi connectivity index (χ1v) is 6.42. The zero-order valence-corrected chi connectivity index (χ0v) is 10.7. The van der Waals surface area contributed by atoms with Gasteiger partial charge in [-0.2, -0.15) is 0 Å². The van der Waals surface area contributed by atoms with E-state index in [0.717, 1.165) is 28.2 Å². The number of aromatic nitrogens is 1. The molecule has 0 radical (unpaired) electrons. The van der Waals surface area contributed by atoms with Crippen LogP contribution in [0.4, 0.5) is 0 Å². The molecular weight excluding hydrogens is 282 g/mol. The quantitative estimate of drug-likeness (QED) is 0.845. The molecule has 88 valence electrons. The standard InChI is InChI=1S/C13H12BrNO2/c14-8-4-3-6-10-9-5-1-2-7-11(9)15-12(10)13(16)17/h1-3,5-7,15H,4,8H2,(H,16,17). The highest BCUT2D eigenvalue weighted by Gasteiger charge is 2.14. The van der Waals surface area contributed by atoms with Gasteiger partial charge in [0.25, 0.3) is 0 Å². The van der Waals surface area contributed by atoms with Crippen molar-refractivity contribution in [2.24, 2.45) is 0 Å².